The molecule has 0 aromatic heterocycles. The summed E-state index contributed by atoms with van der Waals surface area (Å²) < 4.78 is 42.8. The summed E-state index contributed by atoms with van der Waals surface area (Å²) in [6.45, 7) is 14.8. The first-order chi connectivity index (χ1) is 14.5. The fourth-order valence-electron chi connectivity index (χ4n) is 3.78. The molecule has 0 aliphatic rings. The molecule has 178 valence electrons. The summed E-state index contributed by atoms with van der Waals surface area (Å²) in [4.78, 5) is 21.9. The molecule has 0 aliphatic carbocycles. The zero-order chi connectivity index (χ0) is 24.1. The summed E-state index contributed by atoms with van der Waals surface area (Å²) in [6, 6.07) is 2.74. The third-order valence-electron chi connectivity index (χ3n) is 4.83. The molecular weight excluding hydrogens is 422 g/mol. The van der Waals surface area contributed by atoms with Gasteiger partial charge in [-0.1, -0.05) is 27.7 Å². The number of rotatable bonds is 11. The Labute approximate surface area is 186 Å². The molecule has 0 spiro atoms. The van der Waals surface area contributed by atoms with Gasteiger partial charge in [-0.15, -0.1) is 0 Å². The maximum Gasteiger partial charge on any atom is 0.337 e. The van der Waals surface area contributed by atoms with E-state index in [9.17, 15) is 22.6 Å². The number of hydrogen-bond donors (Lipinski definition) is 0. The van der Waals surface area contributed by atoms with Crippen LogP contribution in [0.2, 0.25) is 0 Å². The molecule has 31 heavy (non-hydrogen) atoms. The van der Waals surface area contributed by atoms with Gasteiger partial charge in [0.05, 0.1) is 56.4 Å². The number of esters is 2. The number of benzene rings is 1. The van der Waals surface area contributed by atoms with Crippen molar-refractivity contribution in [3.05, 3.63) is 29.3 Å². The van der Waals surface area contributed by atoms with Gasteiger partial charge in [-0.05, 0) is 43.9 Å². The minimum absolute atomic E-state index is 0.227. The molecule has 0 saturated heterocycles. The van der Waals surface area contributed by atoms with Gasteiger partial charge in [0.25, 0.3) is 0 Å². The van der Waals surface area contributed by atoms with Crippen molar-refractivity contribution in [3.8, 4) is 0 Å². The summed E-state index contributed by atoms with van der Waals surface area (Å²) in [6.07, 6.45) is 5.33. The highest BCUT2D eigenvalue weighted by Crippen LogP contribution is 2.17. The maximum absolute atomic E-state index is 11.3. The highest BCUT2D eigenvalue weighted by molar-refractivity contribution is 7.85. The molecule has 0 radical (unpaired) electrons. The molecule has 0 aliphatic heterocycles. The number of carbonyl (C=O) groups is 2. The van der Waals surface area contributed by atoms with Crippen LogP contribution in [0.15, 0.2) is 23.1 Å². The van der Waals surface area contributed by atoms with E-state index in [2.05, 4.69) is 37.2 Å². The van der Waals surface area contributed by atoms with Gasteiger partial charge in [-0.25, -0.2) is 18.0 Å². The summed E-state index contributed by atoms with van der Waals surface area (Å²) in [7, 11) is -2.63. The molecular formula is C22H37NO7S. The lowest BCUT2D eigenvalue weighted by Gasteiger charge is -2.38. The number of ether oxygens (including phenoxy) is 2. The summed E-state index contributed by atoms with van der Waals surface area (Å²) in [5.74, 6) is -1.74. The Balaban J connectivity index is 0.000000615. The third-order valence-corrected chi connectivity index (χ3v) is 5.64. The predicted octanol–water partition coefficient (Wildman–Crippen LogP) is 3.61. The van der Waals surface area contributed by atoms with E-state index in [1.54, 1.807) is 0 Å². The van der Waals surface area contributed by atoms with E-state index in [1.165, 1.54) is 56.3 Å². The van der Waals surface area contributed by atoms with Crippen molar-refractivity contribution in [2.24, 2.45) is 0 Å². The zero-order valence-corrected chi connectivity index (χ0v) is 20.4. The highest BCUT2D eigenvalue weighted by Gasteiger charge is 2.22. The second kappa shape index (κ2) is 14.2. The lowest BCUT2D eigenvalue weighted by molar-refractivity contribution is -0.928. The zero-order valence-electron chi connectivity index (χ0n) is 19.6. The quantitative estimate of drug-likeness (QED) is 0.282. The van der Waals surface area contributed by atoms with Crippen LogP contribution in [-0.2, 0) is 19.6 Å². The minimum atomic E-state index is -4.80. The summed E-state index contributed by atoms with van der Waals surface area (Å²) in [5.41, 5.74) is -0.454. The molecule has 0 bridgehead atoms. The van der Waals surface area contributed by atoms with E-state index in [-0.39, 0.29) is 11.1 Å². The van der Waals surface area contributed by atoms with E-state index >= 15 is 0 Å². The Kier molecular flexibility index (Phi) is 13.3. The Morgan fingerprint density at radius 1 is 0.774 bits per heavy atom. The van der Waals surface area contributed by atoms with E-state index in [1.807, 2.05) is 0 Å². The smallest absolute Gasteiger partial charge is 0.337 e. The van der Waals surface area contributed by atoms with Crippen molar-refractivity contribution >= 4 is 22.1 Å². The van der Waals surface area contributed by atoms with Crippen molar-refractivity contribution in [3.63, 3.8) is 0 Å². The van der Waals surface area contributed by atoms with Crippen LogP contribution in [0.25, 0.3) is 0 Å². The topological polar surface area (TPSA) is 110 Å². The molecule has 0 amide bonds. The molecule has 0 unspecified atom stereocenters. The molecule has 0 saturated carbocycles. The number of methoxy groups -OCH3 is 2. The number of carbonyl (C=O) groups excluding carboxylic acids is 2. The van der Waals surface area contributed by atoms with Crippen molar-refractivity contribution in [1.82, 2.24) is 0 Å². The molecule has 0 atom stereocenters. The van der Waals surface area contributed by atoms with Gasteiger partial charge in [0.15, 0.2) is 0 Å². The monoisotopic (exact) mass is 459 g/mol. The van der Waals surface area contributed by atoms with E-state index < -0.39 is 27.0 Å². The first-order valence-corrected chi connectivity index (χ1v) is 12.1. The van der Waals surface area contributed by atoms with E-state index in [4.69, 9.17) is 0 Å². The first kappa shape index (κ1) is 29.0. The van der Waals surface area contributed by atoms with Gasteiger partial charge < -0.3 is 18.5 Å². The van der Waals surface area contributed by atoms with Crippen LogP contribution in [0.4, 0.5) is 0 Å². The largest absolute Gasteiger partial charge is 0.744 e. The van der Waals surface area contributed by atoms with Crippen molar-refractivity contribution in [1.29, 1.82) is 0 Å². The van der Waals surface area contributed by atoms with Crippen LogP contribution in [0.5, 0.6) is 0 Å². The van der Waals surface area contributed by atoms with E-state index in [0.717, 1.165) is 32.4 Å². The SMILES string of the molecule is CCC[N+](CCC)(CCC)CCC.COC(=O)c1cc(C(=O)OC)cc(S(=O)(=O)[O-])c1. The second-order valence-corrected chi connectivity index (χ2v) is 8.80. The number of hydrogen-bond acceptors (Lipinski definition) is 7. The summed E-state index contributed by atoms with van der Waals surface area (Å²) >= 11 is 0. The highest BCUT2D eigenvalue weighted by atomic mass is 32.2. The van der Waals surface area contributed by atoms with Crippen LogP contribution in [-0.4, -0.2) is 69.8 Å². The maximum atomic E-state index is 11.3. The molecule has 1 aromatic rings. The Bertz CT molecular complexity index is 742. The van der Waals surface area contributed by atoms with Crippen molar-refractivity contribution < 1.29 is 36.5 Å². The number of quaternary nitrogens is 1. The van der Waals surface area contributed by atoms with Crippen LogP contribution in [0.3, 0.4) is 0 Å². The molecule has 0 fully saturated rings. The van der Waals surface area contributed by atoms with Crippen LogP contribution in [0.1, 0.15) is 74.1 Å². The lowest BCUT2D eigenvalue weighted by Crippen LogP contribution is -2.50. The Hall–Kier alpha value is -1.97. The van der Waals surface area contributed by atoms with Gasteiger partial charge in [-0.2, -0.15) is 0 Å². The molecule has 1 rings (SSSR count). The van der Waals surface area contributed by atoms with Crippen molar-refractivity contribution in [2.45, 2.75) is 58.3 Å². The van der Waals surface area contributed by atoms with Crippen LogP contribution in [0, 0.1) is 0 Å². The van der Waals surface area contributed by atoms with Crippen LogP contribution < -0.4 is 0 Å². The molecule has 1 aromatic carbocycles. The fourth-order valence-corrected chi connectivity index (χ4v) is 4.33. The molecule has 9 heteroatoms. The molecule has 8 nitrogen and oxygen atoms in total. The first-order valence-electron chi connectivity index (χ1n) is 10.7. The summed E-state index contributed by atoms with van der Waals surface area (Å²) in [5, 5.41) is 0. The number of nitrogens with zero attached hydrogens (tertiary/aromatic N) is 1. The van der Waals surface area contributed by atoms with E-state index in [0.29, 0.717) is 0 Å². The Morgan fingerprint density at radius 2 is 1.10 bits per heavy atom. The average Bonchev–Trinajstić information content (AvgIpc) is 2.72. The normalized spacial score (nSPS) is 11.3. The van der Waals surface area contributed by atoms with Gasteiger partial charge in [0.1, 0.15) is 10.1 Å². The average molecular weight is 460 g/mol. The third kappa shape index (κ3) is 9.80. The van der Waals surface area contributed by atoms with Gasteiger partial charge in [0.2, 0.25) is 0 Å². The minimum Gasteiger partial charge on any atom is -0.744 e. The van der Waals surface area contributed by atoms with Gasteiger partial charge >= 0.3 is 11.9 Å². The van der Waals surface area contributed by atoms with Gasteiger partial charge in [0, 0.05) is 0 Å². The second-order valence-electron chi connectivity index (χ2n) is 7.42. The standard InChI is InChI=1S/C12H28N.C10H10O7S/c1-5-9-13(10-6-2,11-7-3)12-8-4;1-16-9(11)6-3-7(10(12)17-2)5-8(4-6)18(13,14)15/h5-12H2,1-4H3;3-5H,1-2H3,(H,13,14,15)/q+1;/p-1. The van der Waals surface area contributed by atoms with Crippen LogP contribution >= 0.6 is 0 Å². The lowest BCUT2D eigenvalue weighted by atomic mass is 10.1. The van der Waals surface area contributed by atoms with Gasteiger partial charge in [-0.3, -0.25) is 0 Å². The molecule has 0 heterocycles. The molecule has 0 N–H and O–H groups in total. The predicted molar refractivity (Wildman–Crippen MR) is 118 cm³/mol. The Morgan fingerprint density at radius 3 is 1.32 bits per heavy atom. The fraction of sp³-hybridized carbons (Fsp3) is 0.636. The van der Waals surface area contributed by atoms with Crippen molar-refractivity contribution in [2.75, 3.05) is 40.4 Å².